The van der Waals surface area contributed by atoms with Crippen LogP contribution in [0.3, 0.4) is 0 Å². The molecule has 202 valence electrons. The zero-order chi connectivity index (χ0) is 27.6. The van der Waals surface area contributed by atoms with E-state index in [1.807, 2.05) is 6.92 Å². The van der Waals surface area contributed by atoms with Gasteiger partial charge in [-0.3, -0.25) is 9.59 Å². The average Bonchev–Trinajstić information content (AvgIpc) is 3.54. The van der Waals surface area contributed by atoms with E-state index >= 15 is 0 Å². The van der Waals surface area contributed by atoms with Crippen LogP contribution in [0.25, 0.3) is 16.9 Å². The number of fused-ring (bicyclic) bond motifs is 2. The third-order valence-electron chi connectivity index (χ3n) is 6.90. The van der Waals surface area contributed by atoms with Crippen LogP contribution in [0.5, 0.6) is 5.75 Å². The van der Waals surface area contributed by atoms with Crippen molar-refractivity contribution in [3.05, 3.63) is 41.1 Å². The molecule has 3 aromatic rings. The quantitative estimate of drug-likeness (QED) is 0.426. The number of amides is 2. The summed E-state index contributed by atoms with van der Waals surface area (Å²) in [5.74, 6) is -1.49. The molecule has 13 heteroatoms. The lowest BCUT2D eigenvalue weighted by molar-refractivity contribution is -0.274. The summed E-state index contributed by atoms with van der Waals surface area (Å²) in [4.78, 5) is 32.1. The number of nitrogen functional groups attached to an aromatic ring is 1. The van der Waals surface area contributed by atoms with Crippen molar-refractivity contribution >= 4 is 23.3 Å². The Kier molecular flexibility index (Phi) is 6.01. The smallest absolute Gasteiger partial charge is 0.405 e. The number of benzene rings is 1. The summed E-state index contributed by atoms with van der Waals surface area (Å²) in [5.41, 5.74) is 5.84. The topological polar surface area (TPSA) is 135 Å². The predicted molar refractivity (Wildman–Crippen MR) is 130 cm³/mol. The summed E-state index contributed by atoms with van der Waals surface area (Å²) < 4.78 is 45.6. The number of alkyl halides is 3. The van der Waals surface area contributed by atoms with E-state index in [9.17, 15) is 27.9 Å². The number of nitrogens with zero attached hydrogens (tertiary/aromatic N) is 4. The number of hydrogen-bond acceptors (Lipinski definition) is 7. The summed E-state index contributed by atoms with van der Waals surface area (Å²) in [6.45, 7) is 4.96. The molecule has 0 radical (unpaired) electrons. The van der Waals surface area contributed by atoms with Crippen LogP contribution in [0, 0.1) is 5.92 Å². The monoisotopic (exact) mass is 532 g/mol. The minimum atomic E-state index is -5.01. The van der Waals surface area contributed by atoms with Crippen LogP contribution >= 0.6 is 0 Å². The number of ether oxygens (including phenoxy) is 1. The van der Waals surface area contributed by atoms with E-state index in [-0.39, 0.29) is 53.0 Å². The zero-order valence-corrected chi connectivity index (χ0v) is 21.0. The highest BCUT2D eigenvalue weighted by molar-refractivity contribution is 6.05. The highest BCUT2D eigenvalue weighted by Gasteiger charge is 2.42. The van der Waals surface area contributed by atoms with Crippen molar-refractivity contribution in [2.24, 2.45) is 5.92 Å². The molecule has 1 atom stereocenters. The number of aliphatic hydroxyl groups is 1. The molecule has 1 aromatic carbocycles. The molecule has 0 saturated heterocycles. The van der Waals surface area contributed by atoms with E-state index in [0.717, 1.165) is 18.9 Å². The van der Waals surface area contributed by atoms with Crippen molar-refractivity contribution in [3.63, 3.8) is 0 Å². The Balaban J connectivity index is 1.58. The van der Waals surface area contributed by atoms with Crippen molar-refractivity contribution in [1.82, 2.24) is 24.8 Å². The summed E-state index contributed by atoms with van der Waals surface area (Å²) in [6, 6.07) is 4.15. The third-order valence-corrected chi connectivity index (χ3v) is 6.90. The minimum Gasteiger partial charge on any atom is -0.405 e. The number of carbonyl (C=O) groups excluding carboxylic acids is 2. The van der Waals surface area contributed by atoms with Gasteiger partial charge in [0.1, 0.15) is 11.3 Å². The Morgan fingerprint density at radius 3 is 2.66 bits per heavy atom. The molecule has 2 amide bonds. The molecule has 2 aliphatic rings. The molecule has 1 aliphatic carbocycles. The van der Waals surface area contributed by atoms with Crippen molar-refractivity contribution < 1.29 is 32.6 Å². The Bertz CT molecular complexity index is 1450. The van der Waals surface area contributed by atoms with Gasteiger partial charge in [-0.1, -0.05) is 0 Å². The van der Waals surface area contributed by atoms with Crippen molar-refractivity contribution in [3.8, 4) is 17.0 Å². The van der Waals surface area contributed by atoms with Crippen molar-refractivity contribution in [1.29, 1.82) is 0 Å². The Hall–Kier alpha value is -3.87. The highest BCUT2D eigenvalue weighted by atomic mass is 19.4. The molecule has 2 aromatic heterocycles. The van der Waals surface area contributed by atoms with Gasteiger partial charge in [0.25, 0.3) is 11.8 Å². The first kappa shape index (κ1) is 25.8. The first-order chi connectivity index (χ1) is 17.8. The third kappa shape index (κ3) is 4.73. The number of anilines is 1. The number of rotatable bonds is 7. The van der Waals surface area contributed by atoms with E-state index in [0.29, 0.717) is 11.5 Å². The zero-order valence-electron chi connectivity index (χ0n) is 21.0. The van der Waals surface area contributed by atoms with E-state index in [4.69, 9.17) is 5.73 Å². The Morgan fingerprint density at radius 1 is 1.32 bits per heavy atom. The molecule has 10 nitrogen and oxygen atoms in total. The van der Waals surface area contributed by atoms with Crippen molar-refractivity contribution in [2.75, 3.05) is 12.3 Å². The fourth-order valence-electron chi connectivity index (χ4n) is 4.69. The molecule has 0 spiro atoms. The molecule has 0 unspecified atom stereocenters. The van der Waals surface area contributed by atoms with E-state index in [1.54, 1.807) is 24.8 Å². The second kappa shape index (κ2) is 8.86. The lowest BCUT2D eigenvalue weighted by Gasteiger charge is -2.24. The van der Waals surface area contributed by atoms with Crippen LogP contribution in [0.2, 0.25) is 0 Å². The number of nitrogens with two attached hydrogens (primary N) is 1. The number of hydrogen-bond donors (Lipinski definition) is 3. The molecular weight excluding hydrogens is 505 g/mol. The highest BCUT2D eigenvalue weighted by Crippen LogP contribution is 2.42. The van der Waals surface area contributed by atoms with Crippen LogP contribution < -0.4 is 15.8 Å². The molecule has 1 saturated carbocycles. The number of halogens is 3. The fraction of sp³-hybridized carbons (Fsp3) is 0.440. The van der Waals surface area contributed by atoms with Crippen LogP contribution in [0.15, 0.2) is 24.4 Å². The van der Waals surface area contributed by atoms with Gasteiger partial charge in [0.2, 0.25) is 0 Å². The van der Waals surface area contributed by atoms with E-state index < -0.39 is 29.5 Å². The minimum absolute atomic E-state index is 0.0408. The Labute approximate surface area is 215 Å². The predicted octanol–water partition coefficient (Wildman–Crippen LogP) is 3.13. The van der Waals surface area contributed by atoms with Gasteiger partial charge >= 0.3 is 6.36 Å². The van der Waals surface area contributed by atoms with Crippen LogP contribution in [-0.2, 0) is 6.54 Å². The van der Waals surface area contributed by atoms with Crippen molar-refractivity contribution in [2.45, 2.75) is 58.1 Å². The van der Waals surface area contributed by atoms with Crippen LogP contribution in [0.1, 0.15) is 59.9 Å². The summed E-state index contributed by atoms with van der Waals surface area (Å²) >= 11 is 0. The molecule has 0 bridgehead atoms. The Morgan fingerprint density at radius 2 is 2.03 bits per heavy atom. The van der Waals surface area contributed by atoms with Crippen LogP contribution in [-0.4, -0.2) is 61.0 Å². The molecule has 3 heterocycles. The second-order valence-corrected chi connectivity index (χ2v) is 10.4. The lowest BCUT2D eigenvalue weighted by atomic mass is 10.0. The normalized spacial score (nSPS) is 16.6. The van der Waals surface area contributed by atoms with Gasteiger partial charge in [-0.25, -0.2) is 9.50 Å². The van der Waals surface area contributed by atoms with E-state index in [1.165, 1.54) is 16.8 Å². The maximum atomic E-state index is 13.3. The number of aliphatic hydroxyl groups excluding tert-OH is 1. The van der Waals surface area contributed by atoms with E-state index in [2.05, 4.69) is 20.1 Å². The molecule has 1 aliphatic heterocycles. The molecule has 1 fully saturated rings. The largest absolute Gasteiger partial charge is 0.573 e. The number of carbonyl (C=O) groups is 2. The second-order valence-electron chi connectivity index (χ2n) is 10.4. The van der Waals surface area contributed by atoms with Gasteiger partial charge in [-0.15, -0.1) is 18.3 Å². The lowest BCUT2D eigenvalue weighted by Crippen LogP contribution is -2.46. The molecule has 38 heavy (non-hydrogen) atoms. The first-order valence-electron chi connectivity index (χ1n) is 12.1. The average molecular weight is 533 g/mol. The van der Waals surface area contributed by atoms with Crippen LogP contribution in [0.4, 0.5) is 19.0 Å². The summed E-state index contributed by atoms with van der Waals surface area (Å²) in [5, 5.41) is 16.3. The van der Waals surface area contributed by atoms with Gasteiger partial charge in [0.15, 0.2) is 11.5 Å². The number of aromatic nitrogens is 3. The first-order valence-corrected chi connectivity index (χ1v) is 12.1. The van der Waals surface area contributed by atoms with Gasteiger partial charge in [-0.05, 0) is 63.3 Å². The molecule has 5 rings (SSSR count). The fourth-order valence-corrected chi connectivity index (χ4v) is 4.69. The van der Waals surface area contributed by atoms with Gasteiger partial charge in [-0.2, -0.15) is 0 Å². The summed E-state index contributed by atoms with van der Waals surface area (Å²) in [7, 11) is 0. The molecular formula is C25H27F3N6O4. The summed E-state index contributed by atoms with van der Waals surface area (Å²) in [6.07, 6.45) is -1.58. The van der Waals surface area contributed by atoms with Gasteiger partial charge < -0.3 is 25.8 Å². The maximum Gasteiger partial charge on any atom is 0.573 e. The van der Waals surface area contributed by atoms with Gasteiger partial charge in [0.05, 0.1) is 23.4 Å². The number of nitrogens with one attached hydrogen (secondary N) is 1. The van der Waals surface area contributed by atoms with Gasteiger partial charge in [0, 0.05) is 24.3 Å². The maximum absolute atomic E-state index is 13.3. The SMILES string of the molecule is C[C@@H](C1CC1)N1Cc2cc(-c3ccn4nc(N)c(C(=O)NC(C)(C)CO)c4n3)cc(OC(F)(F)F)c2C1=O. The molecule has 4 N–H and O–H groups in total. The standard InChI is InChI=1S/C25H27F3N6O4/c1-12(13-4-5-13)33-10-15-8-14(9-17(18(15)23(33)37)38-25(26,27)28)16-6-7-34-21(30-16)19(20(29)32-34)22(36)31-24(2,3)11-35/h6-9,12-13,35H,4-5,10-11H2,1-3H3,(H2,29,32)(H,31,36)/t12-/m0/s1.